The number of aromatic nitrogens is 2. The van der Waals surface area contributed by atoms with E-state index in [0.29, 0.717) is 0 Å². The summed E-state index contributed by atoms with van der Waals surface area (Å²) in [5.41, 5.74) is 6.68. The van der Waals surface area contributed by atoms with E-state index in [9.17, 15) is 0 Å². The third-order valence-electron chi connectivity index (χ3n) is 3.09. The van der Waals surface area contributed by atoms with Crippen LogP contribution in [0.5, 0.6) is 0 Å². The first-order valence-electron chi connectivity index (χ1n) is 6.10. The zero-order valence-corrected chi connectivity index (χ0v) is 11.1. The zero-order valence-electron chi connectivity index (χ0n) is 11.1. The summed E-state index contributed by atoms with van der Waals surface area (Å²) < 4.78 is 1.99. The van der Waals surface area contributed by atoms with Crippen LogP contribution in [0.25, 0.3) is 0 Å². The number of hydrazine groups is 1. The van der Waals surface area contributed by atoms with Gasteiger partial charge in [0.25, 0.3) is 0 Å². The minimum atomic E-state index is 0.0335. The average Bonchev–Trinajstić information content (AvgIpc) is 2.71. The Morgan fingerprint density at radius 2 is 1.94 bits per heavy atom. The Balaban J connectivity index is 2.23. The number of nitrogens with one attached hydrogen (secondary N) is 1. The van der Waals surface area contributed by atoms with Crippen LogP contribution in [0.1, 0.15) is 28.6 Å². The van der Waals surface area contributed by atoms with Crippen LogP contribution in [-0.4, -0.2) is 9.55 Å². The molecular weight excluding hydrogens is 224 g/mol. The Labute approximate surface area is 108 Å². The van der Waals surface area contributed by atoms with Crippen molar-refractivity contribution in [3.05, 3.63) is 53.1 Å². The predicted octanol–water partition coefficient (Wildman–Crippen LogP) is 1.78. The molecule has 0 bridgehead atoms. The van der Waals surface area contributed by atoms with Gasteiger partial charge in [-0.1, -0.05) is 29.3 Å². The van der Waals surface area contributed by atoms with Crippen LogP contribution in [0.2, 0.25) is 0 Å². The molecule has 0 fully saturated rings. The van der Waals surface area contributed by atoms with E-state index in [1.165, 1.54) is 16.7 Å². The molecule has 0 aliphatic heterocycles. The first-order valence-corrected chi connectivity index (χ1v) is 6.10. The van der Waals surface area contributed by atoms with Crippen molar-refractivity contribution < 1.29 is 0 Å². The highest BCUT2D eigenvalue weighted by atomic mass is 15.3. The van der Waals surface area contributed by atoms with E-state index >= 15 is 0 Å². The van der Waals surface area contributed by atoms with Gasteiger partial charge in [-0.05, 0) is 25.8 Å². The fraction of sp³-hybridized carbons (Fsp3) is 0.357. The molecule has 1 heterocycles. The van der Waals surface area contributed by atoms with Crippen LogP contribution < -0.4 is 11.3 Å². The Bertz CT molecular complexity index is 510. The van der Waals surface area contributed by atoms with Gasteiger partial charge in [-0.3, -0.25) is 5.84 Å². The molecule has 0 amide bonds. The van der Waals surface area contributed by atoms with E-state index in [1.807, 2.05) is 17.8 Å². The van der Waals surface area contributed by atoms with Gasteiger partial charge in [0.2, 0.25) is 0 Å². The summed E-state index contributed by atoms with van der Waals surface area (Å²) in [6.45, 7) is 4.23. The lowest BCUT2D eigenvalue weighted by Gasteiger charge is -2.16. The lowest BCUT2D eigenvalue weighted by atomic mass is 10.0. The van der Waals surface area contributed by atoms with Crippen molar-refractivity contribution in [2.45, 2.75) is 26.3 Å². The first kappa shape index (κ1) is 12.8. The third kappa shape index (κ3) is 2.78. The van der Waals surface area contributed by atoms with Crippen LogP contribution in [0, 0.1) is 13.8 Å². The Morgan fingerprint density at radius 3 is 2.44 bits per heavy atom. The molecule has 0 aliphatic carbocycles. The van der Waals surface area contributed by atoms with Crippen LogP contribution in [0.3, 0.4) is 0 Å². The van der Waals surface area contributed by atoms with Gasteiger partial charge in [0.1, 0.15) is 5.82 Å². The smallest absolute Gasteiger partial charge is 0.127 e. The van der Waals surface area contributed by atoms with Crippen molar-refractivity contribution in [3.8, 4) is 0 Å². The molecule has 0 saturated heterocycles. The SMILES string of the molecule is Cc1cc(C)cc(CC(NN)c2nccn2C)c1. The highest BCUT2D eigenvalue weighted by molar-refractivity contribution is 5.29. The molecule has 1 aromatic heterocycles. The number of aryl methyl sites for hydroxylation is 3. The molecule has 1 unspecified atom stereocenters. The monoisotopic (exact) mass is 244 g/mol. The molecule has 1 aromatic carbocycles. The molecule has 4 nitrogen and oxygen atoms in total. The molecule has 0 saturated carbocycles. The second-order valence-electron chi connectivity index (χ2n) is 4.82. The van der Waals surface area contributed by atoms with Crippen LogP contribution in [-0.2, 0) is 13.5 Å². The maximum absolute atomic E-state index is 5.65. The summed E-state index contributed by atoms with van der Waals surface area (Å²) >= 11 is 0. The molecule has 2 aromatic rings. The fourth-order valence-electron chi connectivity index (χ4n) is 2.36. The van der Waals surface area contributed by atoms with Gasteiger partial charge in [-0.25, -0.2) is 10.4 Å². The van der Waals surface area contributed by atoms with Crippen molar-refractivity contribution in [1.29, 1.82) is 0 Å². The van der Waals surface area contributed by atoms with Gasteiger partial charge in [-0.15, -0.1) is 0 Å². The van der Waals surface area contributed by atoms with Crippen molar-refractivity contribution >= 4 is 0 Å². The normalized spacial score (nSPS) is 12.7. The van der Waals surface area contributed by atoms with E-state index in [2.05, 4.69) is 42.5 Å². The molecule has 0 spiro atoms. The summed E-state index contributed by atoms with van der Waals surface area (Å²) in [4.78, 5) is 4.35. The topological polar surface area (TPSA) is 55.9 Å². The molecule has 18 heavy (non-hydrogen) atoms. The number of hydrogen-bond donors (Lipinski definition) is 2. The van der Waals surface area contributed by atoms with E-state index in [4.69, 9.17) is 5.84 Å². The number of nitrogens with two attached hydrogens (primary N) is 1. The maximum atomic E-state index is 5.65. The number of benzene rings is 1. The number of nitrogens with zero attached hydrogens (tertiary/aromatic N) is 2. The van der Waals surface area contributed by atoms with Gasteiger partial charge >= 0.3 is 0 Å². The standard InChI is InChI=1S/C14H20N4/c1-10-6-11(2)8-12(7-10)9-13(17-15)14-16-4-5-18(14)3/h4-8,13,17H,9,15H2,1-3H3. The van der Waals surface area contributed by atoms with Gasteiger partial charge < -0.3 is 4.57 Å². The van der Waals surface area contributed by atoms with Gasteiger partial charge in [0.05, 0.1) is 6.04 Å². The highest BCUT2D eigenvalue weighted by Gasteiger charge is 2.15. The number of imidazole rings is 1. The second kappa shape index (κ2) is 5.33. The maximum Gasteiger partial charge on any atom is 0.127 e. The van der Waals surface area contributed by atoms with E-state index < -0.39 is 0 Å². The molecule has 3 N–H and O–H groups in total. The molecule has 1 atom stereocenters. The minimum Gasteiger partial charge on any atom is -0.337 e. The number of hydrogen-bond acceptors (Lipinski definition) is 3. The van der Waals surface area contributed by atoms with E-state index in [-0.39, 0.29) is 6.04 Å². The second-order valence-corrected chi connectivity index (χ2v) is 4.82. The quantitative estimate of drug-likeness (QED) is 0.637. The van der Waals surface area contributed by atoms with Gasteiger partial charge in [0.15, 0.2) is 0 Å². The lowest BCUT2D eigenvalue weighted by Crippen LogP contribution is -2.31. The predicted molar refractivity (Wildman–Crippen MR) is 72.9 cm³/mol. The van der Waals surface area contributed by atoms with Crippen LogP contribution >= 0.6 is 0 Å². The Morgan fingerprint density at radius 1 is 1.28 bits per heavy atom. The van der Waals surface area contributed by atoms with Crippen LogP contribution in [0.15, 0.2) is 30.6 Å². The fourth-order valence-corrected chi connectivity index (χ4v) is 2.36. The highest BCUT2D eigenvalue weighted by Crippen LogP contribution is 2.18. The van der Waals surface area contributed by atoms with Gasteiger partial charge in [-0.2, -0.15) is 0 Å². The van der Waals surface area contributed by atoms with Crippen molar-refractivity contribution in [2.24, 2.45) is 12.9 Å². The van der Waals surface area contributed by atoms with Crippen molar-refractivity contribution in [1.82, 2.24) is 15.0 Å². The lowest BCUT2D eigenvalue weighted by molar-refractivity contribution is 0.507. The summed E-state index contributed by atoms with van der Waals surface area (Å²) in [5.74, 6) is 6.61. The molecule has 0 aliphatic rings. The Kier molecular flexibility index (Phi) is 3.79. The van der Waals surface area contributed by atoms with E-state index in [0.717, 1.165) is 12.2 Å². The van der Waals surface area contributed by atoms with E-state index in [1.54, 1.807) is 6.20 Å². The van der Waals surface area contributed by atoms with Crippen molar-refractivity contribution in [2.75, 3.05) is 0 Å². The summed E-state index contributed by atoms with van der Waals surface area (Å²) in [5, 5.41) is 0. The number of rotatable bonds is 4. The molecule has 2 rings (SSSR count). The minimum absolute atomic E-state index is 0.0335. The summed E-state index contributed by atoms with van der Waals surface area (Å²) in [7, 11) is 1.98. The van der Waals surface area contributed by atoms with Gasteiger partial charge in [0, 0.05) is 19.4 Å². The molecular formula is C14H20N4. The average molecular weight is 244 g/mol. The largest absolute Gasteiger partial charge is 0.337 e. The zero-order chi connectivity index (χ0) is 13.1. The van der Waals surface area contributed by atoms with Crippen LogP contribution in [0.4, 0.5) is 0 Å². The first-order chi connectivity index (χ1) is 8.60. The summed E-state index contributed by atoms with van der Waals surface area (Å²) in [6, 6.07) is 6.60. The summed E-state index contributed by atoms with van der Waals surface area (Å²) in [6.07, 6.45) is 4.56. The molecule has 4 heteroatoms. The molecule has 0 radical (unpaired) electrons. The van der Waals surface area contributed by atoms with Crippen molar-refractivity contribution in [3.63, 3.8) is 0 Å². The third-order valence-corrected chi connectivity index (χ3v) is 3.09. The Hall–Kier alpha value is -1.65. The molecule has 96 valence electrons.